The Bertz CT molecular complexity index is 427. The number of carbonyl (C=O) groups is 1. The number of nitrogens with zero attached hydrogens (tertiary/aromatic N) is 1. The highest BCUT2D eigenvalue weighted by Gasteiger charge is 2.21. The highest BCUT2D eigenvalue weighted by atomic mass is 32.2. The molecule has 1 saturated heterocycles. The standard InChI is InChI=1S/C16H24N2OS/c1-3-11-18(12-14-5-4-10-17-14)16(19)13-6-8-15(20-2)9-7-13/h6-9,14,17H,3-5,10-12H2,1-2H3. The summed E-state index contributed by atoms with van der Waals surface area (Å²) in [6, 6.07) is 8.40. The van der Waals surface area contributed by atoms with Crippen molar-refractivity contribution >= 4 is 17.7 Å². The molecule has 0 bridgehead atoms. The Morgan fingerprint density at radius 1 is 1.40 bits per heavy atom. The van der Waals surface area contributed by atoms with Gasteiger partial charge in [0.15, 0.2) is 0 Å². The molecule has 1 aliphatic heterocycles. The lowest BCUT2D eigenvalue weighted by Crippen LogP contribution is -2.41. The molecular weight excluding hydrogens is 268 g/mol. The third-order valence-electron chi connectivity index (χ3n) is 3.72. The number of amides is 1. The Labute approximate surface area is 126 Å². The molecule has 1 aliphatic rings. The van der Waals surface area contributed by atoms with E-state index in [1.54, 1.807) is 11.8 Å². The Balaban J connectivity index is 2.04. The summed E-state index contributed by atoms with van der Waals surface area (Å²) in [7, 11) is 0. The van der Waals surface area contributed by atoms with Crippen molar-refractivity contribution in [3.05, 3.63) is 29.8 Å². The number of thioether (sulfide) groups is 1. The second-order valence-electron chi connectivity index (χ2n) is 5.27. The number of carbonyl (C=O) groups excluding carboxylic acids is 1. The molecular formula is C16H24N2OS. The zero-order chi connectivity index (χ0) is 14.4. The lowest BCUT2D eigenvalue weighted by Gasteiger charge is -2.25. The molecule has 0 aromatic heterocycles. The molecule has 0 saturated carbocycles. The Morgan fingerprint density at radius 3 is 2.70 bits per heavy atom. The van der Waals surface area contributed by atoms with Gasteiger partial charge in [0, 0.05) is 29.6 Å². The van der Waals surface area contributed by atoms with Gasteiger partial charge in [-0.1, -0.05) is 6.92 Å². The van der Waals surface area contributed by atoms with Gasteiger partial charge in [-0.3, -0.25) is 4.79 Å². The van der Waals surface area contributed by atoms with Gasteiger partial charge in [-0.15, -0.1) is 11.8 Å². The normalized spacial score (nSPS) is 18.2. The second-order valence-corrected chi connectivity index (χ2v) is 6.15. The van der Waals surface area contributed by atoms with Crippen LogP contribution >= 0.6 is 11.8 Å². The molecule has 1 amide bonds. The molecule has 1 unspecified atom stereocenters. The van der Waals surface area contributed by atoms with Crippen molar-refractivity contribution in [2.75, 3.05) is 25.9 Å². The fraction of sp³-hybridized carbons (Fsp3) is 0.562. The zero-order valence-electron chi connectivity index (χ0n) is 12.4. The number of hydrogen-bond donors (Lipinski definition) is 1. The van der Waals surface area contributed by atoms with E-state index in [1.807, 2.05) is 35.4 Å². The molecule has 20 heavy (non-hydrogen) atoms. The van der Waals surface area contributed by atoms with E-state index < -0.39 is 0 Å². The van der Waals surface area contributed by atoms with Crippen LogP contribution in [-0.4, -0.2) is 42.7 Å². The van der Waals surface area contributed by atoms with Crippen LogP contribution in [0.25, 0.3) is 0 Å². The maximum atomic E-state index is 12.6. The van der Waals surface area contributed by atoms with Gasteiger partial charge in [0.1, 0.15) is 0 Å². The summed E-state index contributed by atoms with van der Waals surface area (Å²) in [6.45, 7) is 4.87. The van der Waals surface area contributed by atoms with Crippen molar-refractivity contribution in [1.29, 1.82) is 0 Å². The molecule has 4 heteroatoms. The number of benzene rings is 1. The Morgan fingerprint density at radius 2 is 2.15 bits per heavy atom. The van der Waals surface area contributed by atoms with Gasteiger partial charge in [-0.05, 0) is 56.3 Å². The van der Waals surface area contributed by atoms with E-state index in [4.69, 9.17) is 0 Å². The highest BCUT2D eigenvalue weighted by molar-refractivity contribution is 7.98. The van der Waals surface area contributed by atoms with E-state index in [0.717, 1.165) is 31.6 Å². The van der Waals surface area contributed by atoms with E-state index in [1.165, 1.54) is 17.7 Å². The van der Waals surface area contributed by atoms with E-state index in [-0.39, 0.29) is 5.91 Å². The molecule has 1 aromatic carbocycles. The molecule has 1 aromatic rings. The molecule has 3 nitrogen and oxygen atoms in total. The van der Waals surface area contributed by atoms with Crippen molar-refractivity contribution in [1.82, 2.24) is 10.2 Å². The lowest BCUT2D eigenvalue weighted by molar-refractivity contribution is 0.0742. The van der Waals surface area contributed by atoms with Gasteiger partial charge in [0.05, 0.1) is 0 Å². The fourth-order valence-electron chi connectivity index (χ4n) is 2.64. The van der Waals surface area contributed by atoms with E-state index in [9.17, 15) is 4.79 Å². The van der Waals surface area contributed by atoms with E-state index >= 15 is 0 Å². The largest absolute Gasteiger partial charge is 0.337 e. The SMILES string of the molecule is CCCN(CC1CCCN1)C(=O)c1ccc(SC)cc1. The van der Waals surface area contributed by atoms with Crippen LogP contribution in [-0.2, 0) is 0 Å². The molecule has 1 N–H and O–H groups in total. The smallest absolute Gasteiger partial charge is 0.253 e. The maximum Gasteiger partial charge on any atom is 0.253 e. The van der Waals surface area contributed by atoms with Gasteiger partial charge in [0.25, 0.3) is 5.91 Å². The summed E-state index contributed by atoms with van der Waals surface area (Å²) >= 11 is 1.70. The average Bonchev–Trinajstić information content (AvgIpc) is 2.99. The number of nitrogens with one attached hydrogen (secondary N) is 1. The van der Waals surface area contributed by atoms with Crippen molar-refractivity contribution in [3.63, 3.8) is 0 Å². The van der Waals surface area contributed by atoms with E-state index in [2.05, 4.69) is 12.2 Å². The summed E-state index contributed by atoms with van der Waals surface area (Å²) in [5.74, 6) is 0.160. The van der Waals surface area contributed by atoms with Crippen molar-refractivity contribution in [3.8, 4) is 0 Å². The van der Waals surface area contributed by atoms with Crippen molar-refractivity contribution in [2.45, 2.75) is 37.1 Å². The molecule has 0 radical (unpaired) electrons. The van der Waals surface area contributed by atoms with Gasteiger partial charge < -0.3 is 10.2 Å². The van der Waals surface area contributed by atoms with Crippen LogP contribution in [0, 0.1) is 0 Å². The lowest BCUT2D eigenvalue weighted by atomic mass is 10.1. The van der Waals surface area contributed by atoms with Crippen LogP contribution in [0.1, 0.15) is 36.5 Å². The summed E-state index contributed by atoms with van der Waals surface area (Å²) in [4.78, 5) is 15.8. The minimum Gasteiger partial charge on any atom is -0.337 e. The summed E-state index contributed by atoms with van der Waals surface area (Å²) in [5.41, 5.74) is 0.800. The Kier molecular flexibility index (Phi) is 5.92. The molecule has 1 fully saturated rings. The quantitative estimate of drug-likeness (QED) is 0.818. The minimum absolute atomic E-state index is 0.160. The fourth-order valence-corrected chi connectivity index (χ4v) is 3.05. The van der Waals surface area contributed by atoms with Crippen LogP contribution < -0.4 is 5.32 Å². The maximum absolute atomic E-state index is 12.6. The number of hydrogen-bond acceptors (Lipinski definition) is 3. The second kappa shape index (κ2) is 7.70. The molecule has 2 rings (SSSR count). The minimum atomic E-state index is 0.160. The van der Waals surface area contributed by atoms with Crippen LogP contribution in [0.5, 0.6) is 0 Å². The zero-order valence-corrected chi connectivity index (χ0v) is 13.2. The molecule has 1 heterocycles. The highest BCUT2D eigenvalue weighted by Crippen LogP contribution is 2.17. The van der Waals surface area contributed by atoms with Gasteiger partial charge in [-0.2, -0.15) is 0 Å². The first-order valence-electron chi connectivity index (χ1n) is 7.41. The van der Waals surface area contributed by atoms with Crippen LogP contribution in [0.15, 0.2) is 29.2 Å². The van der Waals surface area contributed by atoms with Crippen LogP contribution in [0.3, 0.4) is 0 Å². The van der Waals surface area contributed by atoms with Crippen molar-refractivity contribution in [2.24, 2.45) is 0 Å². The summed E-state index contributed by atoms with van der Waals surface area (Å²) in [6.07, 6.45) is 5.45. The van der Waals surface area contributed by atoms with E-state index in [0.29, 0.717) is 6.04 Å². The predicted molar refractivity (Wildman–Crippen MR) is 85.4 cm³/mol. The van der Waals surface area contributed by atoms with Gasteiger partial charge in [-0.25, -0.2) is 0 Å². The first-order chi connectivity index (χ1) is 9.74. The molecule has 0 aliphatic carbocycles. The first kappa shape index (κ1) is 15.4. The molecule has 110 valence electrons. The van der Waals surface area contributed by atoms with Gasteiger partial charge in [0.2, 0.25) is 0 Å². The number of rotatable bonds is 6. The third-order valence-corrected chi connectivity index (χ3v) is 4.46. The summed E-state index contributed by atoms with van der Waals surface area (Å²) in [5, 5.41) is 3.47. The van der Waals surface area contributed by atoms with Crippen LogP contribution in [0.2, 0.25) is 0 Å². The van der Waals surface area contributed by atoms with Crippen molar-refractivity contribution < 1.29 is 4.79 Å². The average molecular weight is 292 g/mol. The monoisotopic (exact) mass is 292 g/mol. The predicted octanol–water partition coefficient (Wildman–Crippen LogP) is 3.01. The molecule has 0 spiro atoms. The first-order valence-corrected chi connectivity index (χ1v) is 8.63. The summed E-state index contributed by atoms with van der Waals surface area (Å²) < 4.78 is 0. The molecule has 1 atom stereocenters. The van der Waals surface area contributed by atoms with Crippen LogP contribution in [0.4, 0.5) is 0 Å². The van der Waals surface area contributed by atoms with Gasteiger partial charge >= 0.3 is 0 Å². The third kappa shape index (κ3) is 4.00. The topological polar surface area (TPSA) is 32.3 Å². The Hall–Kier alpha value is -1.00.